The summed E-state index contributed by atoms with van der Waals surface area (Å²) in [6.45, 7) is 1.15. The topological polar surface area (TPSA) is 139 Å². The number of carbonyl (C=O) groups excluding carboxylic acids is 2. The van der Waals surface area contributed by atoms with Crippen molar-refractivity contribution in [2.75, 3.05) is 13.7 Å². The minimum Gasteiger partial charge on any atom is -0.488 e. The predicted molar refractivity (Wildman–Crippen MR) is 103 cm³/mol. The van der Waals surface area contributed by atoms with E-state index in [0.29, 0.717) is 11.5 Å². The maximum atomic E-state index is 12.3. The fourth-order valence-electron chi connectivity index (χ4n) is 2.68. The van der Waals surface area contributed by atoms with Gasteiger partial charge < -0.3 is 18.9 Å². The lowest BCUT2D eigenvalue weighted by Crippen LogP contribution is -2.42. The number of carbonyl (C=O) groups is 2. The molecule has 0 saturated heterocycles. The molecule has 0 saturated carbocycles. The van der Waals surface area contributed by atoms with Crippen molar-refractivity contribution in [1.82, 2.24) is 5.43 Å². The summed E-state index contributed by atoms with van der Waals surface area (Å²) in [5.74, 6) is -0.648. The number of nitro groups is 1. The molecule has 11 nitrogen and oxygen atoms in total. The van der Waals surface area contributed by atoms with Crippen LogP contribution in [0.5, 0.6) is 23.0 Å². The molecule has 0 bridgehead atoms. The van der Waals surface area contributed by atoms with Crippen LogP contribution in [0.4, 0.5) is 5.69 Å². The van der Waals surface area contributed by atoms with Crippen molar-refractivity contribution in [2.45, 2.75) is 13.0 Å². The lowest BCUT2D eigenvalue weighted by Gasteiger charge is -2.24. The van der Waals surface area contributed by atoms with E-state index in [1.54, 1.807) is 24.3 Å². The summed E-state index contributed by atoms with van der Waals surface area (Å²) < 4.78 is 21.0. The van der Waals surface area contributed by atoms with E-state index in [0.717, 1.165) is 13.1 Å². The average molecular weight is 415 g/mol. The normalized spacial score (nSPS) is 14.8. The van der Waals surface area contributed by atoms with Gasteiger partial charge in [0.15, 0.2) is 17.2 Å². The molecule has 1 N–H and O–H groups in total. The van der Waals surface area contributed by atoms with Crippen molar-refractivity contribution >= 4 is 23.8 Å². The number of hydrogen-bond donors (Lipinski definition) is 1. The summed E-state index contributed by atoms with van der Waals surface area (Å²) in [7, 11) is 1.20. The highest BCUT2D eigenvalue weighted by atomic mass is 16.6. The first kappa shape index (κ1) is 20.6. The number of hydrazone groups is 1. The van der Waals surface area contributed by atoms with Crippen LogP contribution in [0.1, 0.15) is 12.5 Å². The van der Waals surface area contributed by atoms with Crippen molar-refractivity contribution in [3.05, 3.63) is 52.1 Å². The number of nitrogens with zero attached hydrogens (tertiary/aromatic N) is 2. The highest BCUT2D eigenvalue weighted by Crippen LogP contribution is 2.39. The number of ether oxygens (including phenoxy) is 4. The molecule has 1 atom stereocenters. The lowest BCUT2D eigenvalue weighted by molar-refractivity contribution is -0.385. The van der Waals surface area contributed by atoms with E-state index < -0.39 is 28.6 Å². The Morgan fingerprint density at radius 1 is 1.27 bits per heavy atom. The van der Waals surface area contributed by atoms with Gasteiger partial charge >= 0.3 is 11.7 Å². The SMILES string of the molecule is COc1c(OC(C)=O)ccc(/C=N/NC(=O)C2COc3ccccc3O2)c1[N+](=O)[O-]. The zero-order valence-electron chi connectivity index (χ0n) is 16.0. The molecule has 1 aliphatic heterocycles. The van der Waals surface area contributed by atoms with Gasteiger partial charge in [-0.1, -0.05) is 12.1 Å². The maximum absolute atomic E-state index is 12.3. The van der Waals surface area contributed by atoms with Crippen LogP contribution in [-0.2, 0) is 9.59 Å². The monoisotopic (exact) mass is 415 g/mol. The molecule has 0 spiro atoms. The number of benzene rings is 2. The van der Waals surface area contributed by atoms with E-state index >= 15 is 0 Å². The molecule has 11 heteroatoms. The van der Waals surface area contributed by atoms with Gasteiger partial charge in [-0.3, -0.25) is 19.7 Å². The standard InChI is InChI=1S/C19H17N3O8/c1-11(23)29-15-8-7-12(17(22(25)26)18(15)27-2)9-20-21-19(24)16-10-28-13-5-3-4-6-14(13)30-16/h3-9,16H,10H2,1-2H3,(H,21,24)/b20-9+. The lowest BCUT2D eigenvalue weighted by atomic mass is 10.1. The Kier molecular flexibility index (Phi) is 6.11. The molecule has 30 heavy (non-hydrogen) atoms. The number of para-hydroxylation sites is 2. The minimum atomic E-state index is -0.937. The smallest absolute Gasteiger partial charge is 0.323 e. The molecular weight excluding hydrogens is 398 g/mol. The quantitative estimate of drug-likeness (QED) is 0.248. The second-order valence-corrected chi connectivity index (χ2v) is 5.98. The third-order valence-corrected chi connectivity index (χ3v) is 3.95. The molecule has 156 valence electrons. The van der Waals surface area contributed by atoms with Gasteiger partial charge in [0.2, 0.25) is 11.9 Å². The van der Waals surface area contributed by atoms with Gasteiger partial charge in [0.05, 0.1) is 23.8 Å². The van der Waals surface area contributed by atoms with E-state index in [1.165, 1.54) is 19.2 Å². The molecule has 0 fully saturated rings. The Balaban J connectivity index is 1.75. The van der Waals surface area contributed by atoms with Gasteiger partial charge in [-0.25, -0.2) is 5.43 Å². The summed E-state index contributed by atoms with van der Waals surface area (Å²) in [6, 6.07) is 9.54. The van der Waals surface area contributed by atoms with Crippen LogP contribution in [0, 0.1) is 10.1 Å². The van der Waals surface area contributed by atoms with Crippen LogP contribution in [-0.4, -0.2) is 42.8 Å². The maximum Gasteiger partial charge on any atom is 0.323 e. The molecule has 3 rings (SSSR count). The molecule has 0 radical (unpaired) electrons. The van der Waals surface area contributed by atoms with Gasteiger partial charge in [0.25, 0.3) is 5.91 Å². The molecule has 2 aromatic carbocycles. The van der Waals surface area contributed by atoms with E-state index in [4.69, 9.17) is 18.9 Å². The summed E-state index contributed by atoms with van der Waals surface area (Å²) in [5.41, 5.74) is 1.81. The molecule has 1 amide bonds. The molecular formula is C19H17N3O8. The number of hydrogen-bond acceptors (Lipinski definition) is 9. The predicted octanol–water partition coefficient (Wildman–Crippen LogP) is 1.82. The van der Waals surface area contributed by atoms with Gasteiger partial charge in [0.1, 0.15) is 6.61 Å². The van der Waals surface area contributed by atoms with Gasteiger partial charge in [-0.15, -0.1) is 0 Å². The molecule has 2 aromatic rings. The van der Waals surface area contributed by atoms with Crippen LogP contribution in [0.25, 0.3) is 0 Å². The summed E-state index contributed by atoms with van der Waals surface area (Å²) in [5, 5.41) is 15.3. The Morgan fingerprint density at radius 3 is 2.67 bits per heavy atom. The molecule has 1 aliphatic rings. The second kappa shape index (κ2) is 8.90. The van der Waals surface area contributed by atoms with E-state index in [2.05, 4.69) is 10.5 Å². The highest BCUT2D eigenvalue weighted by molar-refractivity contribution is 5.90. The zero-order chi connectivity index (χ0) is 21.7. The van der Waals surface area contributed by atoms with Crippen LogP contribution < -0.4 is 24.4 Å². The second-order valence-electron chi connectivity index (χ2n) is 5.98. The third-order valence-electron chi connectivity index (χ3n) is 3.95. The number of nitro benzene ring substituents is 1. The van der Waals surface area contributed by atoms with Gasteiger partial charge in [-0.05, 0) is 24.3 Å². The average Bonchev–Trinajstić information content (AvgIpc) is 2.73. The Bertz CT molecular complexity index is 1020. The van der Waals surface area contributed by atoms with Crippen LogP contribution in [0.15, 0.2) is 41.5 Å². The van der Waals surface area contributed by atoms with Crippen molar-refractivity contribution in [2.24, 2.45) is 5.10 Å². The number of nitrogens with one attached hydrogen (secondary N) is 1. The first-order valence-electron chi connectivity index (χ1n) is 8.66. The largest absolute Gasteiger partial charge is 0.488 e. The fourth-order valence-corrected chi connectivity index (χ4v) is 2.68. The van der Waals surface area contributed by atoms with Crippen molar-refractivity contribution in [3.63, 3.8) is 0 Å². The number of methoxy groups -OCH3 is 1. The highest BCUT2D eigenvalue weighted by Gasteiger charge is 2.28. The van der Waals surface area contributed by atoms with E-state index in [-0.39, 0.29) is 23.7 Å². The first-order chi connectivity index (χ1) is 14.4. The third kappa shape index (κ3) is 4.46. The van der Waals surface area contributed by atoms with Crippen LogP contribution >= 0.6 is 0 Å². The number of rotatable bonds is 6. The van der Waals surface area contributed by atoms with Crippen LogP contribution in [0.3, 0.4) is 0 Å². The van der Waals surface area contributed by atoms with Crippen LogP contribution in [0.2, 0.25) is 0 Å². The number of amides is 1. The van der Waals surface area contributed by atoms with E-state index in [1.807, 2.05) is 0 Å². The van der Waals surface area contributed by atoms with Crippen molar-refractivity contribution < 1.29 is 33.5 Å². The molecule has 1 heterocycles. The van der Waals surface area contributed by atoms with Crippen molar-refractivity contribution in [1.29, 1.82) is 0 Å². The minimum absolute atomic E-state index is 0.0105. The Morgan fingerprint density at radius 2 is 2.00 bits per heavy atom. The Hall–Kier alpha value is -4.15. The van der Waals surface area contributed by atoms with E-state index in [9.17, 15) is 19.7 Å². The molecule has 0 aromatic heterocycles. The fraction of sp³-hybridized carbons (Fsp3) is 0.211. The first-order valence-corrected chi connectivity index (χ1v) is 8.66. The number of fused-ring (bicyclic) bond motifs is 1. The molecule has 1 unspecified atom stereocenters. The molecule has 0 aliphatic carbocycles. The summed E-state index contributed by atoms with van der Waals surface area (Å²) >= 11 is 0. The zero-order valence-corrected chi connectivity index (χ0v) is 16.0. The van der Waals surface area contributed by atoms with Gasteiger partial charge in [-0.2, -0.15) is 5.10 Å². The van der Waals surface area contributed by atoms with Crippen molar-refractivity contribution in [3.8, 4) is 23.0 Å². The number of esters is 1. The summed E-state index contributed by atoms with van der Waals surface area (Å²) in [6.07, 6.45) is 0.140. The van der Waals surface area contributed by atoms with Gasteiger partial charge in [0, 0.05) is 6.92 Å². The summed E-state index contributed by atoms with van der Waals surface area (Å²) in [4.78, 5) is 34.2. The Labute approximate surface area is 170 Å².